The van der Waals surface area contributed by atoms with Crippen LogP contribution in [0.15, 0.2) is 67.4 Å². The molecular formula is C26H30N4O. The second-order valence-corrected chi connectivity index (χ2v) is 8.27. The van der Waals surface area contributed by atoms with E-state index in [9.17, 15) is 4.79 Å². The van der Waals surface area contributed by atoms with E-state index in [1.165, 1.54) is 17.2 Å². The summed E-state index contributed by atoms with van der Waals surface area (Å²) >= 11 is 0. The zero-order valence-electron chi connectivity index (χ0n) is 18.3. The topological polar surface area (TPSA) is 51.4 Å². The molecule has 0 bridgehead atoms. The Balaban J connectivity index is 1.59. The molecule has 160 valence electrons. The highest BCUT2D eigenvalue weighted by Gasteiger charge is 2.15. The van der Waals surface area contributed by atoms with Crippen LogP contribution in [0.2, 0.25) is 0 Å². The van der Waals surface area contributed by atoms with E-state index in [4.69, 9.17) is 0 Å². The van der Waals surface area contributed by atoms with E-state index in [0.717, 1.165) is 60.8 Å². The first-order valence-corrected chi connectivity index (χ1v) is 10.8. The highest BCUT2D eigenvalue weighted by Crippen LogP contribution is 2.33. The fourth-order valence-corrected chi connectivity index (χ4v) is 4.05. The number of aryl methyl sites for hydroxylation is 1. The Morgan fingerprint density at radius 2 is 1.90 bits per heavy atom. The third kappa shape index (κ3) is 4.95. The number of carbonyl (C=O) groups excluding carboxylic acids is 1. The van der Waals surface area contributed by atoms with Crippen molar-refractivity contribution in [2.75, 3.05) is 38.5 Å². The minimum Gasteiger partial charge on any atom is -0.361 e. The molecule has 1 amide bonds. The number of rotatable bonds is 6. The number of amides is 1. The number of nitrogens with zero attached hydrogens (tertiary/aromatic N) is 2. The van der Waals surface area contributed by atoms with E-state index in [-0.39, 0.29) is 5.91 Å². The van der Waals surface area contributed by atoms with Gasteiger partial charge in [-0.2, -0.15) is 0 Å². The van der Waals surface area contributed by atoms with Crippen LogP contribution < -0.4 is 5.32 Å². The van der Waals surface area contributed by atoms with Crippen molar-refractivity contribution in [1.82, 2.24) is 14.8 Å². The summed E-state index contributed by atoms with van der Waals surface area (Å²) in [4.78, 5) is 20.1. The van der Waals surface area contributed by atoms with Crippen LogP contribution in [0.1, 0.15) is 11.1 Å². The number of hydrogen-bond acceptors (Lipinski definition) is 3. The van der Waals surface area contributed by atoms with Gasteiger partial charge in [0.05, 0.1) is 5.69 Å². The fraction of sp³-hybridized carbons (Fsp3) is 0.269. The highest BCUT2D eigenvalue weighted by molar-refractivity contribution is 6.00. The van der Waals surface area contributed by atoms with Gasteiger partial charge in [-0.15, -0.1) is 0 Å². The fourth-order valence-electron chi connectivity index (χ4n) is 4.05. The lowest BCUT2D eigenvalue weighted by molar-refractivity contribution is -0.111. The predicted molar refractivity (Wildman–Crippen MR) is 128 cm³/mol. The molecule has 1 aromatic heterocycles. The van der Waals surface area contributed by atoms with E-state index < -0.39 is 0 Å². The van der Waals surface area contributed by atoms with Crippen LogP contribution in [-0.2, 0) is 11.3 Å². The van der Waals surface area contributed by atoms with Crippen LogP contribution in [0.25, 0.3) is 22.4 Å². The number of aromatic nitrogens is 1. The summed E-state index contributed by atoms with van der Waals surface area (Å²) in [5.41, 5.74) is 7.58. The molecule has 1 aliphatic rings. The number of anilines is 1. The van der Waals surface area contributed by atoms with Gasteiger partial charge in [0.15, 0.2) is 0 Å². The number of benzene rings is 2. The number of aromatic amines is 1. The van der Waals surface area contributed by atoms with Gasteiger partial charge in [0, 0.05) is 50.2 Å². The second kappa shape index (κ2) is 9.33. The highest BCUT2D eigenvalue weighted by atomic mass is 16.1. The number of nitrogens with one attached hydrogen (secondary N) is 2. The van der Waals surface area contributed by atoms with Gasteiger partial charge < -0.3 is 15.2 Å². The van der Waals surface area contributed by atoms with Crippen molar-refractivity contribution < 1.29 is 4.79 Å². The van der Waals surface area contributed by atoms with Gasteiger partial charge in [0.1, 0.15) is 0 Å². The molecule has 2 N–H and O–H groups in total. The van der Waals surface area contributed by atoms with Crippen LogP contribution >= 0.6 is 0 Å². The van der Waals surface area contributed by atoms with Crippen molar-refractivity contribution in [2.45, 2.75) is 13.5 Å². The lowest BCUT2D eigenvalue weighted by Crippen LogP contribution is -2.43. The molecule has 1 aliphatic heterocycles. The molecule has 2 heterocycles. The molecular weight excluding hydrogens is 384 g/mol. The summed E-state index contributed by atoms with van der Waals surface area (Å²) in [6.07, 6.45) is 3.26. The van der Waals surface area contributed by atoms with E-state index in [0.29, 0.717) is 0 Å². The first-order valence-electron chi connectivity index (χ1n) is 10.8. The first kappa shape index (κ1) is 21.1. The molecule has 0 radical (unpaired) electrons. The molecule has 1 fully saturated rings. The Kier molecular flexibility index (Phi) is 6.35. The summed E-state index contributed by atoms with van der Waals surface area (Å²) in [5, 5.41) is 2.90. The largest absolute Gasteiger partial charge is 0.361 e. The SMILES string of the molecule is C=CC(=O)Nc1cc(-c2cc[nH]c2-c2cccc(CN3CCN(C)CC3)c2)ccc1C. The van der Waals surface area contributed by atoms with Gasteiger partial charge in [-0.25, -0.2) is 0 Å². The molecule has 5 nitrogen and oxygen atoms in total. The Morgan fingerprint density at radius 3 is 2.68 bits per heavy atom. The molecule has 0 atom stereocenters. The average Bonchev–Trinajstić information content (AvgIpc) is 3.27. The third-order valence-corrected chi connectivity index (χ3v) is 5.96. The number of H-pyrrole nitrogens is 1. The zero-order valence-corrected chi connectivity index (χ0v) is 18.3. The number of carbonyl (C=O) groups is 1. The minimum absolute atomic E-state index is 0.203. The molecule has 2 aromatic carbocycles. The molecule has 5 heteroatoms. The Hall–Kier alpha value is -3.15. The van der Waals surface area contributed by atoms with Crippen LogP contribution in [0.4, 0.5) is 5.69 Å². The van der Waals surface area contributed by atoms with E-state index in [2.05, 4.69) is 70.1 Å². The van der Waals surface area contributed by atoms with E-state index in [1.807, 2.05) is 25.3 Å². The smallest absolute Gasteiger partial charge is 0.247 e. The Bertz CT molecular complexity index is 1080. The van der Waals surface area contributed by atoms with Crippen LogP contribution in [0.3, 0.4) is 0 Å². The quantitative estimate of drug-likeness (QED) is 0.583. The van der Waals surface area contributed by atoms with Crippen molar-refractivity contribution in [3.05, 3.63) is 78.5 Å². The normalized spacial score (nSPS) is 15.0. The molecule has 0 saturated carbocycles. The van der Waals surface area contributed by atoms with Gasteiger partial charge in [-0.1, -0.05) is 36.9 Å². The molecule has 0 unspecified atom stereocenters. The molecule has 31 heavy (non-hydrogen) atoms. The van der Waals surface area contributed by atoms with Gasteiger partial charge in [-0.05, 0) is 60.5 Å². The van der Waals surface area contributed by atoms with Gasteiger partial charge in [0.2, 0.25) is 5.91 Å². The number of piperazine rings is 1. The molecule has 3 aromatic rings. The Labute approximate surface area is 184 Å². The maximum Gasteiger partial charge on any atom is 0.247 e. The van der Waals surface area contributed by atoms with Gasteiger partial charge in [-0.3, -0.25) is 9.69 Å². The van der Waals surface area contributed by atoms with Gasteiger partial charge >= 0.3 is 0 Å². The van der Waals surface area contributed by atoms with E-state index >= 15 is 0 Å². The van der Waals surface area contributed by atoms with Crippen LogP contribution in [-0.4, -0.2) is 53.9 Å². The van der Waals surface area contributed by atoms with Gasteiger partial charge in [0.25, 0.3) is 0 Å². The maximum atomic E-state index is 11.8. The molecule has 0 aliphatic carbocycles. The van der Waals surface area contributed by atoms with Crippen molar-refractivity contribution in [1.29, 1.82) is 0 Å². The summed E-state index contributed by atoms with van der Waals surface area (Å²) in [5.74, 6) is -0.203. The monoisotopic (exact) mass is 414 g/mol. The second-order valence-electron chi connectivity index (χ2n) is 8.27. The molecule has 4 rings (SSSR count). The lowest BCUT2D eigenvalue weighted by Gasteiger charge is -2.32. The summed E-state index contributed by atoms with van der Waals surface area (Å²) in [6.45, 7) is 11.0. The zero-order chi connectivity index (χ0) is 21.8. The third-order valence-electron chi connectivity index (χ3n) is 5.96. The predicted octanol–water partition coefficient (Wildman–Crippen LogP) is 4.53. The van der Waals surface area contributed by atoms with E-state index in [1.54, 1.807) is 0 Å². The molecule has 1 saturated heterocycles. The van der Waals surface area contributed by atoms with Crippen molar-refractivity contribution in [3.63, 3.8) is 0 Å². The average molecular weight is 415 g/mol. The van der Waals surface area contributed by atoms with Crippen molar-refractivity contribution in [3.8, 4) is 22.4 Å². The molecule has 0 spiro atoms. The number of likely N-dealkylation sites (N-methyl/N-ethyl adjacent to an activating group) is 1. The van der Waals surface area contributed by atoms with Crippen LogP contribution in [0, 0.1) is 6.92 Å². The van der Waals surface area contributed by atoms with Crippen molar-refractivity contribution in [2.24, 2.45) is 0 Å². The number of hydrogen-bond donors (Lipinski definition) is 2. The summed E-state index contributed by atoms with van der Waals surface area (Å²) in [7, 11) is 2.18. The Morgan fingerprint density at radius 1 is 1.10 bits per heavy atom. The summed E-state index contributed by atoms with van der Waals surface area (Å²) < 4.78 is 0. The first-order chi connectivity index (χ1) is 15.0. The summed E-state index contributed by atoms with van der Waals surface area (Å²) in [6, 6.07) is 17.0. The maximum absolute atomic E-state index is 11.8. The van der Waals surface area contributed by atoms with Crippen LogP contribution in [0.5, 0.6) is 0 Å². The van der Waals surface area contributed by atoms with Crippen molar-refractivity contribution >= 4 is 11.6 Å². The standard InChI is InChI=1S/C26H30N4O/c1-4-25(31)28-24-17-21(9-8-19(24)2)23-10-11-27-26(23)22-7-5-6-20(16-22)18-30-14-12-29(3)13-15-30/h4-11,16-17,27H,1,12-15,18H2,2-3H3,(H,28,31). The lowest BCUT2D eigenvalue weighted by atomic mass is 9.98. The minimum atomic E-state index is -0.203.